The van der Waals surface area contributed by atoms with Gasteiger partial charge in [-0.25, -0.2) is 9.40 Å². The van der Waals surface area contributed by atoms with Gasteiger partial charge in [0.05, 0.1) is 16.6 Å². The van der Waals surface area contributed by atoms with E-state index in [1.165, 1.54) is 17.0 Å². The van der Waals surface area contributed by atoms with Gasteiger partial charge in [-0.05, 0) is 29.6 Å². The molecule has 0 aliphatic carbocycles. The first kappa shape index (κ1) is 14.7. The summed E-state index contributed by atoms with van der Waals surface area (Å²) in [6.07, 6.45) is 0.497. The van der Waals surface area contributed by atoms with Crippen LogP contribution in [-0.2, 0) is 0 Å². The molecule has 3 aromatic rings. The van der Waals surface area contributed by atoms with Crippen molar-refractivity contribution in [3.8, 4) is 5.75 Å². The number of halogens is 1. The Labute approximate surface area is 149 Å². The van der Waals surface area contributed by atoms with Gasteiger partial charge in [-0.1, -0.05) is 36.4 Å². The van der Waals surface area contributed by atoms with Crippen LogP contribution in [0.4, 0.5) is 4.39 Å². The summed E-state index contributed by atoms with van der Waals surface area (Å²) in [5.41, 5.74) is 3.13. The van der Waals surface area contributed by atoms with Crippen LogP contribution in [0.25, 0.3) is 0 Å². The zero-order chi connectivity index (χ0) is 16.8. The smallest absolute Gasteiger partial charge is 0.213 e. The molecule has 2 atom stereocenters. The molecule has 0 radical (unpaired) electrons. The molecule has 3 nitrogen and oxygen atoms in total. The van der Waals surface area contributed by atoms with Crippen molar-refractivity contribution in [2.24, 2.45) is 5.10 Å². The quantitative estimate of drug-likeness (QED) is 0.640. The summed E-state index contributed by atoms with van der Waals surface area (Å²) in [5.74, 6) is 0.626. The summed E-state index contributed by atoms with van der Waals surface area (Å²) in [4.78, 5) is 1.18. The van der Waals surface area contributed by atoms with Crippen LogP contribution in [0.15, 0.2) is 71.1 Å². The molecule has 124 valence electrons. The molecule has 1 aromatic heterocycles. The van der Waals surface area contributed by atoms with Crippen molar-refractivity contribution in [1.82, 2.24) is 5.01 Å². The minimum absolute atomic E-state index is 0.136. The molecule has 5 rings (SSSR count). The molecule has 3 heterocycles. The van der Waals surface area contributed by atoms with E-state index in [1.807, 2.05) is 29.3 Å². The van der Waals surface area contributed by atoms with Crippen LogP contribution >= 0.6 is 11.3 Å². The summed E-state index contributed by atoms with van der Waals surface area (Å²) in [7, 11) is 0. The standard InChI is InChI=1S/C20H15FN2OS/c21-14-9-7-13(8-10-14)20-23-17(15-4-1-2-5-18(15)24-20)12-16(22-23)19-6-3-11-25-19/h1-11,17,20H,12H2/t17-,20+/m1/s1. The van der Waals surface area contributed by atoms with E-state index in [1.54, 1.807) is 23.5 Å². The largest absolute Gasteiger partial charge is 0.464 e. The van der Waals surface area contributed by atoms with Crippen LogP contribution in [0.1, 0.15) is 34.7 Å². The van der Waals surface area contributed by atoms with Gasteiger partial charge in [0.1, 0.15) is 11.6 Å². The van der Waals surface area contributed by atoms with Crippen molar-refractivity contribution in [3.63, 3.8) is 0 Å². The van der Waals surface area contributed by atoms with Crippen LogP contribution < -0.4 is 4.74 Å². The number of nitrogens with zero attached hydrogens (tertiary/aromatic N) is 2. The lowest BCUT2D eigenvalue weighted by molar-refractivity contribution is -0.0190. The molecule has 0 spiro atoms. The minimum Gasteiger partial charge on any atom is -0.464 e. The normalized spacial score (nSPS) is 21.3. The third kappa shape index (κ3) is 2.43. The van der Waals surface area contributed by atoms with E-state index in [0.717, 1.165) is 29.0 Å². The van der Waals surface area contributed by atoms with Crippen LogP contribution in [-0.4, -0.2) is 10.7 Å². The minimum atomic E-state index is -0.349. The lowest BCUT2D eigenvalue weighted by Crippen LogP contribution is -2.33. The lowest BCUT2D eigenvalue weighted by atomic mass is 9.98. The molecule has 0 unspecified atom stereocenters. The van der Waals surface area contributed by atoms with Gasteiger partial charge in [0, 0.05) is 17.5 Å². The molecule has 2 aliphatic heterocycles. The van der Waals surface area contributed by atoms with Crippen LogP contribution in [0.3, 0.4) is 0 Å². The topological polar surface area (TPSA) is 24.8 Å². The second-order valence-electron chi connectivity index (χ2n) is 6.18. The SMILES string of the molecule is Fc1ccc([C@@H]2Oc3ccccc3[C@H]3CC(c4cccs4)=NN32)cc1. The third-order valence-electron chi connectivity index (χ3n) is 4.66. The van der Waals surface area contributed by atoms with E-state index in [2.05, 4.69) is 17.5 Å². The number of thiophene rings is 1. The average molecular weight is 350 g/mol. The molecule has 0 amide bonds. The number of hydrazone groups is 1. The molecular weight excluding hydrogens is 335 g/mol. The predicted octanol–water partition coefficient (Wildman–Crippen LogP) is 5.13. The number of benzene rings is 2. The zero-order valence-electron chi connectivity index (χ0n) is 13.3. The predicted molar refractivity (Wildman–Crippen MR) is 96.3 cm³/mol. The Morgan fingerprint density at radius 3 is 2.68 bits per heavy atom. The molecule has 0 bridgehead atoms. The summed E-state index contributed by atoms with van der Waals surface area (Å²) in [5, 5.41) is 8.96. The van der Waals surface area contributed by atoms with Gasteiger partial charge < -0.3 is 4.74 Å². The van der Waals surface area contributed by atoms with Gasteiger partial charge in [0.15, 0.2) is 0 Å². The Balaban J connectivity index is 1.60. The van der Waals surface area contributed by atoms with Crippen molar-refractivity contribution >= 4 is 17.0 Å². The van der Waals surface area contributed by atoms with Crippen LogP contribution in [0.2, 0.25) is 0 Å². The fourth-order valence-electron chi connectivity index (χ4n) is 3.47. The molecule has 25 heavy (non-hydrogen) atoms. The van der Waals surface area contributed by atoms with Crippen molar-refractivity contribution in [2.45, 2.75) is 18.7 Å². The van der Waals surface area contributed by atoms with Crippen LogP contribution in [0.5, 0.6) is 5.75 Å². The molecule has 2 aliphatic rings. The highest BCUT2D eigenvalue weighted by molar-refractivity contribution is 7.12. The van der Waals surface area contributed by atoms with Gasteiger partial charge in [-0.15, -0.1) is 11.3 Å². The highest BCUT2D eigenvalue weighted by Crippen LogP contribution is 2.47. The maximum absolute atomic E-state index is 13.3. The Kier molecular flexibility index (Phi) is 3.35. The molecular formula is C20H15FN2OS. The summed E-state index contributed by atoms with van der Waals surface area (Å²) in [6.45, 7) is 0. The monoisotopic (exact) mass is 350 g/mol. The maximum Gasteiger partial charge on any atom is 0.213 e. The number of para-hydroxylation sites is 1. The molecule has 5 heteroatoms. The summed E-state index contributed by atoms with van der Waals surface area (Å²) in [6, 6.07) is 18.8. The first-order valence-corrected chi connectivity index (χ1v) is 9.08. The Morgan fingerprint density at radius 1 is 1.04 bits per heavy atom. The average Bonchev–Trinajstić information content (AvgIpc) is 3.31. The highest BCUT2D eigenvalue weighted by Gasteiger charge is 2.40. The van der Waals surface area contributed by atoms with Crippen molar-refractivity contribution in [3.05, 3.63) is 87.9 Å². The van der Waals surface area contributed by atoms with Gasteiger partial charge >= 0.3 is 0 Å². The Bertz CT molecular complexity index is 937. The van der Waals surface area contributed by atoms with Crippen molar-refractivity contribution in [2.75, 3.05) is 0 Å². The maximum atomic E-state index is 13.3. The second-order valence-corrected chi connectivity index (χ2v) is 7.13. The molecule has 0 fully saturated rings. The molecule has 0 saturated carbocycles. The van der Waals surface area contributed by atoms with Gasteiger partial charge in [-0.2, -0.15) is 5.10 Å². The number of fused-ring (bicyclic) bond motifs is 3. The Morgan fingerprint density at radius 2 is 1.88 bits per heavy atom. The first-order valence-electron chi connectivity index (χ1n) is 8.20. The fraction of sp³-hybridized carbons (Fsp3) is 0.150. The number of rotatable bonds is 2. The number of ether oxygens (including phenoxy) is 1. The van der Waals surface area contributed by atoms with E-state index in [-0.39, 0.29) is 18.1 Å². The Hall–Kier alpha value is -2.66. The third-order valence-corrected chi connectivity index (χ3v) is 5.58. The molecule has 2 aromatic carbocycles. The summed E-state index contributed by atoms with van der Waals surface area (Å²) >= 11 is 1.70. The van der Waals surface area contributed by atoms with Gasteiger partial charge in [-0.3, -0.25) is 0 Å². The van der Waals surface area contributed by atoms with E-state index in [0.29, 0.717) is 0 Å². The van der Waals surface area contributed by atoms with Crippen LogP contribution in [0, 0.1) is 5.82 Å². The van der Waals surface area contributed by atoms with E-state index >= 15 is 0 Å². The zero-order valence-corrected chi connectivity index (χ0v) is 14.1. The molecule has 0 saturated heterocycles. The number of hydrogen-bond donors (Lipinski definition) is 0. The summed E-state index contributed by atoms with van der Waals surface area (Å²) < 4.78 is 19.6. The fourth-order valence-corrected chi connectivity index (χ4v) is 4.19. The lowest BCUT2D eigenvalue weighted by Gasteiger charge is -2.38. The van der Waals surface area contributed by atoms with E-state index in [4.69, 9.17) is 9.84 Å². The van der Waals surface area contributed by atoms with Crippen molar-refractivity contribution < 1.29 is 9.13 Å². The van der Waals surface area contributed by atoms with Gasteiger partial charge in [0.25, 0.3) is 0 Å². The van der Waals surface area contributed by atoms with Gasteiger partial charge in [0.2, 0.25) is 6.23 Å². The highest BCUT2D eigenvalue weighted by atomic mass is 32.1. The second kappa shape index (κ2) is 5.70. The molecule has 0 N–H and O–H groups in total. The first-order chi connectivity index (χ1) is 12.3. The van der Waals surface area contributed by atoms with Crippen molar-refractivity contribution in [1.29, 1.82) is 0 Å². The van der Waals surface area contributed by atoms with E-state index < -0.39 is 0 Å². The number of hydrogen-bond acceptors (Lipinski definition) is 4. The van der Waals surface area contributed by atoms with E-state index in [9.17, 15) is 4.39 Å².